The van der Waals surface area contributed by atoms with E-state index < -0.39 is 23.8 Å². The molecule has 2 aromatic carbocycles. The maximum atomic E-state index is 15.6. The number of benzene rings is 2. The predicted molar refractivity (Wildman–Crippen MR) is 208 cm³/mol. The lowest BCUT2D eigenvalue weighted by Crippen LogP contribution is -2.63. The number of para-hydroxylation sites is 1. The van der Waals surface area contributed by atoms with Gasteiger partial charge in [-0.3, -0.25) is 14.6 Å². The van der Waals surface area contributed by atoms with Gasteiger partial charge in [0.15, 0.2) is 5.78 Å². The molecule has 4 fully saturated rings. The summed E-state index contributed by atoms with van der Waals surface area (Å²) in [6, 6.07) is 12.9. The Kier molecular flexibility index (Phi) is 10.5. The second-order valence-electron chi connectivity index (χ2n) is 18.2. The molecule has 0 bridgehead atoms. The number of nitrogens with zero attached hydrogens (tertiary/aromatic N) is 1. The van der Waals surface area contributed by atoms with Crippen molar-refractivity contribution < 1.29 is 34.4 Å². The Morgan fingerprint density at radius 2 is 1.81 bits per heavy atom. The highest BCUT2D eigenvalue weighted by molar-refractivity contribution is 6.08. The van der Waals surface area contributed by atoms with Crippen molar-refractivity contribution >= 4 is 28.3 Å². The normalized spacial score (nSPS) is 35.2. The van der Waals surface area contributed by atoms with E-state index in [1.807, 2.05) is 37.3 Å². The Bertz CT molecular complexity index is 1920. The Morgan fingerprint density at radius 3 is 2.54 bits per heavy atom. The number of pyridine rings is 1. The molecule has 1 aromatic heterocycles. The summed E-state index contributed by atoms with van der Waals surface area (Å²) in [5.41, 5.74) is 2.50. The highest BCUT2D eigenvalue weighted by Gasteiger charge is 2.66. The number of ketones is 1. The largest absolute Gasteiger partial charge is 0.481 e. The number of aryl methyl sites for hydroxylation is 2. The third-order valence-corrected chi connectivity index (χ3v) is 15.4. The van der Waals surface area contributed by atoms with Crippen molar-refractivity contribution in [1.29, 1.82) is 0 Å². The molecule has 5 N–H and O–H groups in total. The Labute approximate surface area is 319 Å². The molecule has 1 heterocycles. The van der Waals surface area contributed by atoms with Crippen LogP contribution in [-0.4, -0.2) is 55.0 Å². The molecule has 292 valence electrons. The Morgan fingerprint density at radius 1 is 1.06 bits per heavy atom. The summed E-state index contributed by atoms with van der Waals surface area (Å²) in [6.07, 6.45) is 5.97. The van der Waals surface area contributed by atoms with E-state index in [0.717, 1.165) is 35.7 Å². The van der Waals surface area contributed by atoms with E-state index in [1.165, 1.54) is 6.92 Å². The van der Waals surface area contributed by atoms with Crippen LogP contribution in [0, 0.1) is 59.1 Å². The molecule has 11 atom stereocenters. The van der Waals surface area contributed by atoms with Crippen LogP contribution in [-0.2, 0) is 17.8 Å². The van der Waals surface area contributed by atoms with Crippen LogP contribution in [0.1, 0.15) is 119 Å². The summed E-state index contributed by atoms with van der Waals surface area (Å²) in [5.74, 6) is -0.240. The number of carbonyl (C=O) groups is 2. The molecule has 8 nitrogen and oxygen atoms in total. The van der Waals surface area contributed by atoms with Gasteiger partial charge in [0.05, 0.1) is 40.3 Å². The van der Waals surface area contributed by atoms with Crippen molar-refractivity contribution in [2.45, 2.75) is 130 Å². The number of hydrogen-bond donors (Lipinski definition) is 5. The van der Waals surface area contributed by atoms with Crippen LogP contribution in [0.25, 0.3) is 10.9 Å². The summed E-state index contributed by atoms with van der Waals surface area (Å²) < 4.78 is 15.6. The van der Waals surface area contributed by atoms with Gasteiger partial charge in [0.2, 0.25) is 0 Å². The fraction of sp³-hybridized carbons (Fsp3) is 0.622. The number of nitrogens with one attached hydrogen (secondary N) is 1. The smallest absolute Gasteiger partial charge is 0.303 e. The molecule has 4 aliphatic rings. The number of aliphatic hydroxyl groups excluding tert-OH is 2. The number of carbonyl (C=O) groups excluding carboxylic acids is 1. The molecule has 9 heteroatoms. The third-order valence-electron chi connectivity index (χ3n) is 15.4. The number of halogens is 1. The van der Waals surface area contributed by atoms with Crippen molar-refractivity contribution in [3.63, 3.8) is 0 Å². The number of rotatable bonds is 11. The van der Waals surface area contributed by atoms with Crippen molar-refractivity contribution in [3.8, 4) is 0 Å². The second-order valence-corrected chi connectivity index (χ2v) is 18.2. The van der Waals surface area contributed by atoms with E-state index in [4.69, 9.17) is 0 Å². The van der Waals surface area contributed by atoms with Crippen LogP contribution in [0.2, 0.25) is 0 Å². The molecular weight excluding hydrogens is 684 g/mol. The van der Waals surface area contributed by atoms with Gasteiger partial charge >= 0.3 is 5.97 Å². The van der Waals surface area contributed by atoms with Gasteiger partial charge in [-0.1, -0.05) is 51.1 Å². The average Bonchev–Trinajstić information content (AvgIpc) is 3.48. The van der Waals surface area contributed by atoms with Gasteiger partial charge in [0, 0.05) is 23.9 Å². The van der Waals surface area contributed by atoms with Gasteiger partial charge in [-0.05, 0) is 142 Å². The lowest BCUT2D eigenvalue weighted by atomic mass is 9.42. The number of aliphatic carboxylic acids is 1. The summed E-state index contributed by atoms with van der Waals surface area (Å²) in [6.45, 7) is 10.2. The minimum atomic E-state index is -0.920. The molecule has 0 radical (unpaired) electrons. The van der Waals surface area contributed by atoms with E-state index in [1.54, 1.807) is 12.1 Å². The van der Waals surface area contributed by atoms with Crippen LogP contribution < -0.4 is 5.32 Å². The van der Waals surface area contributed by atoms with E-state index >= 15 is 4.39 Å². The van der Waals surface area contributed by atoms with Crippen LogP contribution >= 0.6 is 0 Å². The van der Waals surface area contributed by atoms with Crippen molar-refractivity contribution in [3.05, 3.63) is 70.7 Å². The number of anilines is 1. The molecule has 0 aliphatic heterocycles. The maximum Gasteiger partial charge on any atom is 0.303 e. The van der Waals surface area contributed by atoms with Crippen LogP contribution in [0.5, 0.6) is 0 Å². The molecule has 5 unspecified atom stereocenters. The molecular formula is C45H59FN2O6. The van der Waals surface area contributed by atoms with Crippen molar-refractivity contribution in [2.24, 2.45) is 46.3 Å². The lowest BCUT2D eigenvalue weighted by molar-refractivity contribution is -0.216. The number of hydrogen-bond acceptors (Lipinski definition) is 7. The lowest BCUT2D eigenvalue weighted by Gasteiger charge is -2.64. The molecule has 0 saturated heterocycles. The minimum absolute atomic E-state index is 0.0915. The molecule has 7 rings (SSSR count). The Hall–Kier alpha value is -3.40. The van der Waals surface area contributed by atoms with E-state index in [0.29, 0.717) is 67.5 Å². The average molecular weight is 743 g/mol. The SMILES string of the molecule is CC(=O)c1c(C)nc2ccccc2c1NCc1ccc(CC[C@@]2(O)CC[C@@]3(C)C(C[C@@H](O)C4C3C[C@H](O)[C@@]3(C)C4CC[C@@H]3C(C)CCC(=O)O)C2)cc1F. The van der Waals surface area contributed by atoms with Gasteiger partial charge in [0.1, 0.15) is 5.82 Å². The first-order chi connectivity index (χ1) is 25.6. The van der Waals surface area contributed by atoms with Gasteiger partial charge in [-0.2, -0.15) is 0 Å². The molecule has 0 spiro atoms. The number of Topliss-reactive ketones (excluding diaryl/α,β-unsaturated/α-hetero) is 1. The van der Waals surface area contributed by atoms with E-state index in [9.17, 15) is 30.0 Å². The Balaban J connectivity index is 1.00. The summed E-state index contributed by atoms with van der Waals surface area (Å²) in [4.78, 5) is 28.5. The van der Waals surface area contributed by atoms with Gasteiger partial charge in [0.25, 0.3) is 0 Å². The van der Waals surface area contributed by atoms with Gasteiger partial charge < -0.3 is 25.7 Å². The highest BCUT2D eigenvalue weighted by atomic mass is 19.1. The van der Waals surface area contributed by atoms with Crippen LogP contribution in [0.3, 0.4) is 0 Å². The zero-order chi connectivity index (χ0) is 38.7. The number of carboxylic acid groups (broad SMARTS) is 1. The standard InChI is InChI=1S/C45H59FN2O6/c1-25(10-15-39(52)53)32-13-14-33-41-34(22-38(51)44(32,33)5)43(4)18-19-45(54,23-30(43)21-37(41)50)17-16-28-11-12-29(35(46)20-28)24-47-42-31-8-6-7-9-36(31)48-26(2)40(42)27(3)49/h6-9,11-12,20,25,30,32-34,37-38,41,50-51,54H,10,13-19,21-24H2,1-5H3,(H,47,48)(H,52,53)/t25?,30?,32-,33?,34?,37-,38+,41?,43+,44-,45-/m1/s1. The molecule has 4 aliphatic carbocycles. The second kappa shape index (κ2) is 14.6. The molecule has 4 saturated carbocycles. The van der Waals surface area contributed by atoms with Gasteiger partial charge in [-0.25, -0.2) is 4.39 Å². The maximum absolute atomic E-state index is 15.6. The van der Waals surface area contributed by atoms with Crippen molar-refractivity contribution in [2.75, 3.05) is 5.32 Å². The molecule has 0 amide bonds. The predicted octanol–water partition coefficient (Wildman–Crippen LogP) is 8.26. The zero-order valence-corrected chi connectivity index (χ0v) is 32.6. The first-order valence-electron chi connectivity index (χ1n) is 20.3. The zero-order valence-electron chi connectivity index (χ0n) is 32.6. The van der Waals surface area contributed by atoms with E-state index in [2.05, 4.69) is 31.1 Å². The van der Waals surface area contributed by atoms with Crippen molar-refractivity contribution in [1.82, 2.24) is 4.98 Å². The molecule has 54 heavy (non-hydrogen) atoms. The highest BCUT2D eigenvalue weighted by Crippen LogP contribution is 2.69. The first kappa shape index (κ1) is 38.9. The quantitative estimate of drug-likeness (QED) is 0.124. The number of aromatic nitrogens is 1. The molecule has 3 aromatic rings. The topological polar surface area (TPSA) is 140 Å². The van der Waals surface area contributed by atoms with Crippen LogP contribution in [0.15, 0.2) is 42.5 Å². The number of fused-ring (bicyclic) bond motifs is 6. The summed E-state index contributed by atoms with van der Waals surface area (Å²) >= 11 is 0. The van der Waals surface area contributed by atoms with Crippen LogP contribution in [0.4, 0.5) is 10.1 Å². The monoisotopic (exact) mass is 742 g/mol. The first-order valence-corrected chi connectivity index (χ1v) is 20.3. The summed E-state index contributed by atoms with van der Waals surface area (Å²) in [7, 11) is 0. The summed E-state index contributed by atoms with van der Waals surface area (Å²) in [5, 5.41) is 49.2. The fourth-order valence-corrected chi connectivity index (χ4v) is 12.4. The number of aliphatic hydroxyl groups is 3. The number of carboxylic acids is 1. The van der Waals surface area contributed by atoms with E-state index in [-0.39, 0.29) is 70.9 Å². The third kappa shape index (κ3) is 6.76. The van der Waals surface area contributed by atoms with Gasteiger partial charge in [-0.15, -0.1) is 0 Å². The minimum Gasteiger partial charge on any atom is -0.481 e. The fourth-order valence-electron chi connectivity index (χ4n) is 12.4.